The molecule has 0 aliphatic heterocycles. The van der Waals surface area contributed by atoms with E-state index >= 15 is 0 Å². The molecule has 0 fully saturated rings. The highest BCUT2D eigenvalue weighted by molar-refractivity contribution is 7.99. The molecule has 0 spiro atoms. The lowest BCUT2D eigenvalue weighted by Gasteiger charge is -2.16. The summed E-state index contributed by atoms with van der Waals surface area (Å²) in [7, 11) is 1.98. The number of aryl methyl sites for hydroxylation is 1. The first kappa shape index (κ1) is 16.0. The van der Waals surface area contributed by atoms with E-state index in [4.69, 9.17) is 4.42 Å². The van der Waals surface area contributed by atoms with Gasteiger partial charge in [0, 0.05) is 18.7 Å². The third-order valence-corrected chi connectivity index (χ3v) is 4.17. The van der Waals surface area contributed by atoms with Crippen molar-refractivity contribution < 1.29 is 4.42 Å². The van der Waals surface area contributed by atoms with Gasteiger partial charge in [-0.15, -0.1) is 10.2 Å². The predicted octanol–water partition coefficient (Wildman–Crippen LogP) is 3.63. The van der Waals surface area contributed by atoms with Gasteiger partial charge in [0.25, 0.3) is 5.22 Å². The molecule has 1 atom stereocenters. The van der Waals surface area contributed by atoms with Crippen molar-refractivity contribution in [1.29, 1.82) is 0 Å². The molecule has 5 heteroatoms. The van der Waals surface area contributed by atoms with E-state index in [9.17, 15) is 0 Å². The highest BCUT2D eigenvalue weighted by Gasteiger charge is 2.12. The van der Waals surface area contributed by atoms with Crippen LogP contribution in [0.25, 0.3) is 0 Å². The summed E-state index contributed by atoms with van der Waals surface area (Å²) in [4.78, 5) is 0. The van der Waals surface area contributed by atoms with Gasteiger partial charge in [0.1, 0.15) is 0 Å². The fourth-order valence-electron chi connectivity index (χ4n) is 2.20. The van der Waals surface area contributed by atoms with E-state index < -0.39 is 0 Å². The molecule has 1 N–H and O–H groups in total. The SMILES string of the molecule is CNC(CSc1nnc(C)o1)c1ccc(CC(C)C)cc1. The molecule has 1 unspecified atom stereocenters. The third kappa shape index (κ3) is 4.86. The molecular weight excluding hydrogens is 282 g/mol. The van der Waals surface area contributed by atoms with Crippen LogP contribution in [0.5, 0.6) is 0 Å². The molecule has 21 heavy (non-hydrogen) atoms. The van der Waals surface area contributed by atoms with Gasteiger partial charge in [-0.2, -0.15) is 0 Å². The Kier molecular flexibility index (Phi) is 5.82. The van der Waals surface area contributed by atoms with Crippen LogP contribution in [-0.2, 0) is 6.42 Å². The molecule has 1 heterocycles. The average molecular weight is 305 g/mol. The number of nitrogens with one attached hydrogen (secondary N) is 1. The Labute approximate surface area is 130 Å². The van der Waals surface area contributed by atoms with Gasteiger partial charge < -0.3 is 9.73 Å². The molecule has 0 bridgehead atoms. The van der Waals surface area contributed by atoms with Gasteiger partial charge in [-0.25, -0.2) is 0 Å². The standard InChI is InChI=1S/C16H23N3OS/c1-11(2)9-13-5-7-14(8-6-13)15(17-4)10-21-16-19-18-12(3)20-16/h5-8,11,15,17H,9-10H2,1-4H3. The zero-order chi connectivity index (χ0) is 15.2. The van der Waals surface area contributed by atoms with E-state index in [0.29, 0.717) is 17.0 Å². The molecule has 1 aromatic carbocycles. The Balaban J connectivity index is 1.96. The molecule has 2 aromatic rings. The first-order chi connectivity index (χ1) is 10.1. The molecule has 114 valence electrons. The highest BCUT2D eigenvalue weighted by Crippen LogP contribution is 2.24. The van der Waals surface area contributed by atoms with E-state index in [1.165, 1.54) is 11.1 Å². The normalized spacial score (nSPS) is 12.8. The van der Waals surface area contributed by atoms with Crippen molar-refractivity contribution >= 4 is 11.8 Å². The number of thioether (sulfide) groups is 1. The number of rotatable bonds is 7. The van der Waals surface area contributed by atoms with Crippen molar-refractivity contribution in [2.45, 2.75) is 38.5 Å². The van der Waals surface area contributed by atoms with Gasteiger partial charge in [-0.1, -0.05) is 49.9 Å². The lowest BCUT2D eigenvalue weighted by molar-refractivity contribution is 0.428. The van der Waals surface area contributed by atoms with Crippen LogP contribution in [0.3, 0.4) is 0 Å². The van der Waals surface area contributed by atoms with Crippen molar-refractivity contribution in [3.63, 3.8) is 0 Å². The van der Waals surface area contributed by atoms with Crippen LogP contribution < -0.4 is 5.32 Å². The minimum atomic E-state index is 0.273. The second-order valence-electron chi connectivity index (χ2n) is 5.58. The van der Waals surface area contributed by atoms with Crippen molar-refractivity contribution in [3.8, 4) is 0 Å². The van der Waals surface area contributed by atoms with Crippen LogP contribution in [0.1, 0.15) is 36.9 Å². The molecule has 0 saturated heterocycles. The maximum Gasteiger partial charge on any atom is 0.276 e. The van der Waals surface area contributed by atoms with Crippen LogP contribution in [0.4, 0.5) is 0 Å². The summed E-state index contributed by atoms with van der Waals surface area (Å²) < 4.78 is 5.39. The Hall–Kier alpha value is -1.33. The number of nitrogens with zero attached hydrogens (tertiary/aromatic N) is 2. The van der Waals surface area contributed by atoms with Crippen LogP contribution in [0, 0.1) is 12.8 Å². The van der Waals surface area contributed by atoms with Gasteiger partial charge in [-0.3, -0.25) is 0 Å². The molecule has 2 rings (SSSR count). The first-order valence-electron chi connectivity index (χ1n) is 7.27. The maximum absolute atomic E-state index is 5.39. The van der Waals surface area contributed by atoms with Crippen molar-refractivity contribution in [2.75, 3.05) is 12.8 Å². The molecule has 4 nitrogen and oxygen atoms in total. The summed E-state index contributed by atoms with van der Waals surface area (Å²) in [6.45, 7) is 6.29. The molecule has 0 amide bonds. The molecule has 0 aliphatic rings. The summed E-state index contributed by atoms with van der Waals surface area (Å²) in [6, 6.07) is 9.13. The number of benzene rings is 1. The number of hydrogen-bond acceptors (Lipinski definition) is 5. The largest absolute Gasteiger partial charge is 0.416 e. The van der Waals surface area contributed by atoms with Crippen LogP contribution >= 0.6 is 11.8 Å². The van der Waals surface area contributed by atoms with E-state index in [-0.39, 0.29) is 6.04 Å². The fraction of sp³-hybridized carbons (Fsp3) is 0.500. The first-order valence-corrected chi connectivity index (χ1v) is 8.26. The third-order valence-electron chi connectivity index (χ3n) is 3.26. The summed E-state index contributed by atoms with van der Waals surface area (Å²) in [5.74, 6) is 2.16. The van der Waals surface area contributed by atoms with Crippen molar-refractivity contribution in [1.82, 2.24) is 15.5 Å². The second-order valence-corrected chi connectivity index (χ2v) is 6.55. The lowest BCUT2D eigenvalue weighted by atomic mass is 10.00. The van der Waals surface area contributed by atoms with Gasteiger partial charge >= 0.3 is 0 Å². The fourth-order valence-corrected chi connectivity index (χ4v) is 3.14. The zero-order valence-electron chi connectivity index (χ0n) is 13.1. The predicted molar refractivity (Wildman–Crippen MR) is 86.5 cm³/mol. The molecule has 0 saturated carbocycles. The Morgan fingerprint density at radius 2 is 1.90 bits per heavy atom. The quantitative estimate of drug-likeness (QED) is 0.792. The van der Waals surface area contributed by atoms with Crippen LogP contribution in [0.15, 0.2) is 33.9 Å². The second kappa shape index (κ2) is 7.61. The molecule has 1 aromatic heterocycles. The lowest BCUT2D eigenvalue weighted by Crippen LogP contribution is -2.18. The summed E-state index contributed by atoms with van der Waals surface area (Å²) >= 11 is 1.58. The van der Waals surface area contributed by atoms with E-state index in [0.717, 1.165) is 12.2 Å². The molecule has 0 radical (unpaired) electrons. The van der Waals surface area contributed by atoms with Gasteiger partial charge in [-0.05, 0) is 30.5 Å². The van der Waals surface area contributed by atoms with Gasteiger partial charge in [0.2, 0.25) is 5.89 Å². The topological polar surface area (TPSA) is 51.0 Å². The van der Waals surface area contributed by atoms with E-state index in [1.54, 1.807) is 18.7 Å². The molecule has 0 aliphatic carbocycles. The van der Waals surface area contributed by atoms with E-state index in [1.807, 2.05) is 7.05 Å². The summed E-state index contributed by atoms with van der Waals surface area (Å²) in [6.07, 6.45) is 1.13. The average Bonchev–Trinajstić information content (AvgIpc) is 2.86. The minimum absolute atomic E-state index is 0.273. The maximum atomic E-state index is 5.39. The number of aromatic nitrogens is 2. The summed E-state index contributed by atoms with van der Waals surface area (Å²) in [5.41, 5.74) is 2.68. The Morgan fingerprint density at radius 3 is 2.43 bits per heavy atom. The molecular formula is C16H23N3OS. The van der Waals surface area contributed by atoms with E-state index in [2.05, 4.69) is 53.6 Å². The van der Waals surface area contributed by atoms with Gasteiger partial charge in [0.05, 0.1) is 0 Å². The van der Waals surface area contributed by atoms with Crippen LogP contribution in [0.2, 0.25) is 0 Å². The zero-order valence-corrected chi connectivity index (χ0v) is 13.9. The van der Waals surface area contributed by atoms with Gasteiger partial charge in [0.15, 0.2) is 0 Å². The monoisotopic (exact) mass is 305 g/mol. The number of hydrogen-bond donors (Lipinski definition) is 1. The summed E-state index contributed by atoms with van der Waals surface area (Å²) in [5, 5.41) is 11.8. The Bertz CT molecular complexity index is 551. The minimum Gasteiger partial charge on any atom is -0.416 e. The van der Waals surface area contributed by atoms with Crippen LogP contribution in [-0.4, -0.2) is 23.0 Å². The highest BCUT2D eigenvalue weighted by atomic mass is 32.2. The van der Waals surface area contributed by atoms with Crippen molar-refractivity contribution in [3.05, 3.63) is 41.3 Å². The Morgan fingerprint density at radius 1 is 1.19 bits per heavy atom. The smallest absolute Gasteiger partial charge is 0.276 e. The van der Waals surface area contributed by atoms with Crippen molar-refractivity contribution in [2.24, 2.45) is 5.92 Å².